The molecule has 2 aromatic heterocycles. The summed E-state index contributed by atoms with van der Waals surface area (Å²) < 4.78 is 7.45. The number of fused-ring (bicyclic) bond motifs is 1. The van der Waals surface area contributed by atoms with E-state index in [0.717, 1.165) is 37.6 Å². The summed E-state index contributed by atoms with van der Waals surface area (Å²) in [5.41, 5.74) is 9.97. The zero-order valence-electron chi connectivity index (χ0n) is 10.6. The van der Waals surface area contributed by atoms with Crippen molar-refractivity contribution in [2.75, 3.05) is 31.2 Å². The van der Waals surface area contributed by atoms with Crippen LogP contribution in [0.2, 0.25) is 0 Å². The molecule has 0 radical (unpaired) electrons. The molecular weight excluding hydrogens is 228 g/mol. The van der Waals surface area contributed by atoms with Gasteiger partial charge in [-0.3, -0.25) is 0 Å². The lowest BCUT2D eigenvalue weighted by atomic mass is 10.2. The van der Waals surface area contributed by atoms with Crippen molar-refractivity contribution in [1.82, 2.24) is 9.38 Å². The standard InChI is InChI=1S/C13H18N4O/c1-10-6-12(16-2-4-18-5-3-16)9-17-8-11(7-14)15-13(10)17/h6,8-9H,2-5,7,14H2,1H3. The Morgan fingerprint density at radius 2 is 2.11 bits per heavy atom. The number of aromatic nitrogens is 2. The minimum absolute atomic E-state index is 0.480. The first kappa shape index (κ1) is 11.5. The number of hydrogen-bond donors (Lipinski definition) is 1. The second kappa shape index (κ2) is 4.59. The van der Waals surface area contributed by atoms with E-state index in [9.17, 15) is 0 Å². The van der Waals surface area contributed by atoms with Gasteiger partial charge in [-0.1, -0.05) is 0 Å². The zero-order valence-corrected chi connectivity index (χ0v) is 10.6. The molecule has 0 atom stereocenters. The number of rotatable bonds is 2. The van der Waals surface area contributed by atoms with E-state index >= 15 is 0 Å². The number of aryl methyl sites for hydroxylation is 1. The molecule has 0 spiro atoms. The van der Waals surface area contributed by atoms with Crippen LogP contribution in [0.4, 0.5) is 5.69 Å². The Balaban J connectivity index is 2.02. The van der Waals surface area contributed by atoms with E-state index in [0.29, 0.717) is 6.54 Å². The normalized spacial score (nSPS) is 16.4. The molecule has 0 saturated carbocycles. The van der Waals surface area contributed by atoms with Crippen LogP contribution >= 0.6 is 0 Å². The van der Waals surface area contributed by atoms with Gasteiger partial charge >= 0.3 is 0 Å². The Morgan fingerprint density at radius 3 is 2.83 bits per heavy atom. The molecule has 96 valence electrons. The van der Waals surface area contributed by atoms with Crippen LogP contribution in [0.5, 0.6) is 0 Å². The van der Waals surface area contributed by atoms with Crippen molar-refractivity contribution < 1.29 is 4.74 Å². The molecule has 3 rings (SSSR count). The molecule has 5 heteroatoms. The number of anilines is 1. The summed E-state index contributed by atoms with van der Waals surface area (Å²) in [6.45, 7) is 6.07. The predicted molar refractivity (Wildman–Crippen MR) is 70.9 cm³/mol. The third-order valence-corrected chi connectivity index (χ3v) is 3.36. The first-order valence-corrected chi connectivity index (χ1v) is 6.29. The van der Waals surface area contributed by atoms with Crippen LogP contribution < -0.4 is 10.6 Å². The van der Waals surface area contributed by atoms with E-state index in [1.165, 1.54) is 11.3 Å². The van der Waals surface area contributed by atoms with Crippen LogP contribution in [-0.2, 0) is 11.3 Å². The molecular formula is C13H18N4O. The van der Waals surface area contributed by atoms with Crippen molar-refractivity contribution in [2.45, 2.75) is 13.5 Å². The lowest BCUT2D eigenvalue weighted by Gasteiger charge is -2.29. The van der Waals surface area contributed by atoms with Crippen molar-refractivity contribution in [3.05, 3.63) is 29.7 Å². The molecule has 3 heterocycles. The largest absolute Gasteiger partial charge is 0.378 e. The van der Waals surface area contributed by atoms with E-state index < -0.39 is 0 Å². The highest BCUT2D eigenvalue weighted by Crippen LogP contribution is 2.21. The minimum atomic E-state index is 0.480. The van der Waals surface area contributed by atoms with E-state index in [2.05, 4.69) is 33.5 Å². The molecule has 0 unspecified atom stereocenters. The predicted octanol–water partition coefficient (Wildman–Crippen LogP) is 0.938. The SMILES string of the molecule is Cc1cc(N2CCOCC2)cn2cc(CN)nc12. The van der Waals surface area contributed by atoms with Crippen molar-refractivity contribution in [1.29, 1.82) is 0 Å². The van der Waals surface area contributed by atoms with Crippen LogP contribution in [0.1, 0.15) is 11.3 Å². The molecule has 0 amide bonds. The Labute approximate surface area is 106 Å². The van der Waals surface area contributed by atoms with Crippen LogP contribution in [0.25, 0.3) is 5.65 Å². The highest BCUT2D eigenvalue weighted by Gasteiger charge is 2.13. The van der Waals surface area contributed by atoms with Gasteiger partial charge in [0.25, 0.3) is 0 Å². The summed E-state index contributed by atoms with van der Waals surface area (Å²) in [5.74, 6) is 0. The second-order valence-corrected chi connectivity index (χ2v) is 4.65. The van der Waals surface area contributed by atoms with E-state index in [4.69, 9.17) is 10.5 Å². The first-order valence-electron chi connectivity index (χ1n) is 6.29. The third-order valence-electron chi connectivity index (χ3n) is 3.36. The van der Waals surface area contributed by atoms with Crippen LogP contribution in [-0.4, -0.2) is 35.7 Å². The molecule has 1 fully saturated rings. The van der Waals surface area contributed by atoms with Gasteiger partial charge in [-0.2, -0.15) is 0 Å². The smallest absolute Gasteiger partial charge is 0.140 e. The highest BCUT2D eigenvalue weighted by molar-refractivity contribution is 5.58. The van der Waals surface area contributed by atoms with Gasteiger partial charge in [0.1, 0.15) is 5.65 Å². The second-order valence-electron chi connectivity index (χ2n) is 4.65. The molecule has 0 bridgehead atoms. The topological polar surface area (TPSA) is 55.8 Å². The van der Waals surface area contributed by atoms with Gasteiger partial charge in [-0.05, 0) is 18.6 Å². The molecule has 0 aromatic carbocycles. The first-order chi connectivity index (χ1) is 8.78. The van der Waals surface area contributed by atoms with E-state index in [1.807, 2.05) is 6.20 Å². The average molecular weight is 246 g/mol. The lowest BCUT2D eigenvalue weighted by Crippen LogP contribution is -2.36. The number of nitrogens with zero attached hydrogens (tertiary/aromatic N) is 3. The maximum Gasteiger partial charge on any atom is 0.140 e. The van der Waals surface area contributed by atoms with Gasteiger partial charge in [-0.25, -0.2) is 4.98 Å². The van der Waals surface area contributed by atoms with Crippen molar-refractivity contribution >= 4 is 11.3 Å². The van der Waals surface area contributed by atoms with Gasteiger partial charge in [0.05, 0.1) is 24.6 Å². The quantitative estimate of drug-likeness (QED) is 0.856. The summed E-state index contributed by atoms with van der Waals surface area (Å²) in [7, 11) is 0. The van der Waals surface area contributed by atoms with Gasteiger partial charge in [0.2, 0.25) is 0 Å². The lowest BCUT2D eigenvalue weighted by molar-refractivity contribution is 0.122. The minimum Gasteiger partial charge on any atom is -0.378 e. The van der Waals surface area contributed by atoms with Crippen molar-refractivity contribution in [3.63, 3.8) is 0 Å². The molecule has 1 aliphatic heterocycles. The molecule has 2 N–H and O–H groups in total. The Bertz CT molecular complexity index is 557. The number of morpholine rings is 1. The fourth-order valence-electron chi connectivity index (χ4n) is 2.39. The number of nitrogens with two attached hydrogens (primary N) is 1. The van der Waals surface area contributed by atoms with E-state index in [1.54, 1.807) is 0 Å². The summed E-state index contributed by atoms with van der Waals surface area (Å²) in [5, 5.41) is 0. The van der Waals surface area contributed by atoms with Gasteiger partial charge in [-0.15, -0.1) is 0 Å². The number of hydrogen-bond acceptors (Lipinski definition) is 4. The van der Waals surface area contributed by atoms with Gasteiger partial charge < -0.3 is 19.8 Å². The maximum absolute atomic E-state index is 5.64. The van der Waals surface area contributed by atoms with Gasteiger partial charge in [0.15, 0.2) is 0 Å². The summed E-state index contributed by atoms with van der Waals surface area (Å²) in [4.78, 5) is 6.86. The van der Waals surface area contributed by atoms with Crippen molar-refractivity contribution in [2.24, 2.45) is 5.73 Å². The molecule has 5 nitrogen and oxygen atoms in total. The molecule has 0 aliphatic carbocycles. The van der Waals surface area contributed by atoms with E-state index in [-0.39, 0.29) is 0 Å². The monoisotopic (exact) mass is 246 g/mol. The number of ether oxygens (including phenoxy) is 1. The summed E-state index contributed by atoms with van der Waals surface area (Å²) in [6.07, 6.45) is 4.13. The Kier molecular flexibility index (Phi) is 2.93. The third kappa shape index (κ3) is 1.95. The molecule has 1 aliphatic rings. The average Bonchev–Trinajstić information content (AvgIpc) is 2.83. The molecule has 2 aromatic rings. The Morgan fingerprint density at radius 1 is 1.33 bits per heavy atom. The van der Waals surface area contributed by atoms with Crippen LogP contribution in [0.3, 0.4) is 0 Å². The van der Waals surface area contributed by atoms with Crippen molar-refractivity contribution in [3.8, 4) is 0 Å². The number of imidazole rings is 1. The summed E-state index contributed by atoms with van der Waals surface area (Å²) >= 11 is 0. The molecule has 1 saturated heterocycles. The fraction of sp³-hybridized carbons (Fsp3) is 0.462. The highest BCUT2D eigenvalue weighted by atomic mass is 16.5. The maximum atomic E-state index is 5.64. The van der Waals surface area contributed by atoms with Crippen LogP contribution in [0.15, 0.2) is 18.5 Å². The number of pyridine rings is 1. The van der Waals surface area contributed by atoms with Gasteiger partial charge in [0, 0.05) is 32.0 Å². The fourth-order valence-corrected chi connectivity index (χ4v) is 2.39. The summed E-state index contributed by atoms with van der Waals surface area (Å²) in [6, 6.07) is 2.19. The molecule has 18 heavy (non-hydrogen) atoms. The zero-order chi connectivity index (χ0) is 12.5. The Hall–Kier alpha value is -1.59. The van der Waals surface area contributed by atoms with Crippen LogP contribution in [0, 0.1) is 6.92 Å².